The van der Waals surface area contributed by atoms with Gasteiger partial charge in [0, 0.05) is 32.8 Å². The van der Waals surface area contributed by atoms with Crippen LogP contribution in [0.1, 0.15) is 32.6 Å². The van der Waals surface area contributed by atoms with Gasteiger partial charge in [0.15, 0.2) is 0 Å². The molecule has 2 saturated heterocycles. The van der Waals surface area contributed by atoms with Crippen molar-refractivity contribution >= 4 is 6.03 Å². The summed E-state index contributed by atoms with van der Waals surface area (Å²) in [5.74, 6) is 1.24. The van der Waals surface area contributed by atoms with Crippen molar-refractivity contribution < 1.29 is 9.90 Å². The van der Waals surface area contributed by atoms with Crippen LogP contribution in [0.25, 0.3) is 0 Å². The Bertz CT molecular complexity index is 295. The lowest BCUT2D eigenvalue weighted by atomic mass is 9.98. The maximum Gasteiger partial charge on any atom is 0.317 e. The zero-order valence-electron chi connectivity index (χ0n) is 12.7. The quantitative estimate of drug-likeness (QED) is 0.813. The molecule has 2 amide bonds. The molecular formula is C15H29N3O2. The molecule has 2 fully saturated rings. The Morgan fingerprint density at radius 3 is 2.40 bits per heavy atom. The molecule has 0 radical (unpaired) electrons. The van der Waals surface area contributed by atoms with Crippen molar-refractivity contribution in [1.82, 2.24) is 15.1 Å². The van der Waals surface area contributed by atoms with Crippen molar-refractivity contribution in [2.75, 3.05) is 45.9 Å². The summed E-state index contributed by atoms with van der Waals surface area (Å²) in [7, 11) is 0. The molecule has 20 heavy (non-hydrogen) atoms. The molecule has 0 unspecified atom stereocenters. The minimum Gasteiger partial charge on any atom is -0.396 e. The molecule has 5 heteroatoms. The molecule has 0 saturated carbocycles. The van der Waals surface area contributed by atoms with Gasteiger partial charge in [-0.15, -0.1) is 0 Å². The molecular weight excluding hydrogens is 254 g/mol. The van der Waals surface area contributed by atoms with Crippen molar-refractivity contribution in [2.24, 2.45) is 11.8 Å². The van der Waals surface area contributed by atoms with Gasteiger partial charge < -0.3 is 20.2 Å². The zero-order valence-corrected chi connectivity index (χ0v) is 12.7. The molecule has 2 rings (SSSR count). The fourth-order valence-corrected chi connectivity index (χ4v) is 3.04. The molecule has 2 aliphatic heterocycles. The fraction of sp³-hybridized carbons (Fsp3) is 0.933. The van der Waals surface area contributed by atoms with E-state index in [0.717, 1.165) is 44.9 Å². The van der Waals surface area contributed by atoms with E-state index in [0.29, 0.717) is 5.92 Å². The van der Waals surface area contributed by atoms with Gasteiger partial charge in [-0.2, -0.15) is 0 Å². The Labute approximate surface area is 122 Å². The van der Waals surface area contributed by atoms with E-state index in [-0.39, 0.29) is 12.6 Å². The second kappa shape index (κ2) is 7.84. The Balaban J connectivity index is 1.58. The van der Waals surface area contributed by atoms with Gasteiger partial charge in [0.1, 0.15) is 0 Å². The Morgan fingerprint density at radius 2 is 1.80 bits per heavy atom. The molecule has 5 nitrogen and oxygen atoms in total. The van der Waals surface area contributed by atoms with Crippen molar-refractivity contribution in [3.63, 3.8) is 0 Å². The number of nitrogens with one attached hydrogen (secondary N) is 1. The van der Waals surface area contributed by atoms with Crippen LogP contribution in [0.15, 0.2) is 0 Å². The average molecular weight is 283 g/mol. The molecule has 0 aromatic rings. The minimum atomic E-state index is 0.0618. The predicted octanol–water partition coefficient (Wildman–Crippen LogP) is 1.13. The number of hydrogen-bond acceptors (Lipinski definition) is 3. The lowest BCUT2D eigenvalue weighted by molar-refractivity contribution is 0.135. The lowest BCUT2D eigenvalue weighted by Crippen LogP contribution is -2.47. The normalized spacial score (nSPS) is 23.0. The standard InChI is InChI=1S/C15H29N3O2/c1-13-2-7-17(8-3-13)11-6-16-15(20)18-9-4-14(12-19)5-10-18/h13-14,19H,2-12H2,1H3,(H,16,20). The van der Waals surface area contributed by atoms with E-state index in [1.807, 2.05) is 4.90 Å². The number of urea groups is 1. The number of likely N-dealkylation sites (tertiary alicyclic amines) is 2. The summed E-state index contributed by atoms with van der Waals surface area (Å²) < 4.78 is 0. The maximum absolute atomic E-state index is 12.0. The van der Waals surface area contributed by atoms with Gasteiger partial charge in [0.25, 0.3) is 0 Å². The second-order valence-corrected chi connectivity index (χ2v) is 6.37. The summed E-state index contributed by atoms with van der Waals surface area (Å²) >= 11 is 0. The number of aliphatic hydroxyl groups excluding tert-OH is 1. The zero-order chi connectivity index (χ0) is 14.4. The molecule has 0 aromatic heterocycles. The Kier molecular flexibility index (Phi) is 6.10. The monoisotopic (exact) mass is 283 g/mol. The molecule has 0 bridgehead atoms. The first kappa shape index (κ1) is 15.6. The van der Waals surface area contributed by atoms with Gasteiger partial charge in [0.2, 0.25) is 0 Å². The highest BCUT2D eigenvalue weighted by Gasteiger charge is 2.22. The summed E-state index contributed by atoms with van der Waals surface area (Å²) in [5.41, 5.74) is 0. The highest BCUT2D eigenvalue weighted by atomic mass is 16.3. The van der Waals surface area contributed by atoms with Crippen LogP contribution in [0, 0.1) is 11.8 Å². The average Bonchev–Trinajstić information content (AvgIpc) is 2.49. The van der Waals surface area contributed by atoms with Crippen molar-refractivity contribution in [2.45, 2.75) is 32.6 Å². The second-order valence-electron chi connectivity index (χ2n) is 6.37. The van der Waals surface area contributed by atoms with Crippen molar-refractivity contribution in [3.05, 3.63) is 0 Å². The van der Waals surface area contributed by atoms with E-state index in [9.17, 15) is 4.79 Å². The number of piperidine rings is 2. The molecule has 2 N–H and O–H groups in total. The molecule has 0 aliphatic carbocycles. The number of nitrogens with zero attached hydrogens (tertiary/aromatic N) is 2. The molecule has 0 spiro atoms. The highest BCUT2D eigenvalue weighted by Crippen LogP contribution is 2.16. The fourth-order valence-electron chi connectivity index (χ4n) is 3.04. The van der Waals surface area contributed by atoms with E-state index >= 15 is 0 Å². The van der Waals surface area contributed by atoms with Crippen LogP contribution in [0.3, 0.4) is 0 Å². The summed E-state index contributed by atoms with van der Waals surface area (Å²) in [4.78, 5) is 16.3. The summed E-state index contributed by atoms with van der Waals surface area (Å²) in [6.45, 7) is 8.16. The number of amides is 2. The first-order chi connectivity index (χ1) is 9.69. The van der Waals surface area contributed by atoms with Crippen LogP contribution in [-0.4, -0.2) is 66.8 Å². The Morgan fingerprint density at radius 1 is 1.15 bits per heavy atom. The van der Waals surface area contributed by atoms with Crippen molar-refractivity contribution in [1.29, 1.82) is 0 Å². The van der Waals surface area contributed by atoms with Gasteiger partial charge >= 0.3 is 6.03 Å². The molecule has 0 atom stereocenters. The van der Waals surface area contributed by atoms with Gasteiger partial charge in [0.05, 0.1) is 0 Å². The number of carbonyl (C=O) groups is 1. The van der Waals surface area contributed by atoms with Crippen LogP contribution >= 0.6 is 0 Å². The summed E-state index contributed by atoms with van der Waals surface area (Å²) in [6, 6.07) is 0.0618. The molecule has 116 valence electrons. The maximum atomic E-state index is 12.0. The van der Waals surface area contributed by atoms with E-state index in [2.05, 4.69) is 17.1 Å². The third-order valence-electron chi connectivity index (χ3n) is 4.74. The first-order valence-corrected chi connectivity index (χ1v) is 8.05. The third kappa shape index (κ3) is 4.63. The predicted molar refractivity (Wildman–Crippen MR) is 79.6 cm³/mol. The van der Waals surface area contributed by atoms with Gasteiger partial charge in [-0.3, -0.25) is 0 Å². The lowest BCUT2D eigenvalue weighted by Gasteiger charge is -2.32. The molecule has 0 aromatic carbocycles. The smallest absolute Gasteiger partial charge is 0.317 e. The molecule has 2 heterocycles. The van der Waals surface area contributed by atoms with E-state index < -0.39 is 0 Å². The topological polar surface area (TPSA) is 55.8 Å². The number of hydrogen-bond donors (Lipinski definition) is 2. The van der Waals surface area contributed by atoms with Gasteiger partial charge in [-0.25, -0.2) is 4.79 Å². The van der Waals surface area contributed by atoms with Crippen LogP contribution in [0.5, 0.6) is 0 Å². The summed E-state index contributed by atoms with van der Waals surface area (Å²) in [5, 5.41) is 12.1. The minimum absolute atomic E-state index is 0.0618. The van der Waals surface area contributed by atoms with Crippen molar-refractivity contribution in [3.8, 4) is 0 Å². The first-order valence-electron chi connectivity index (χ1n) is 8.05. The largest absolute Gasteiger partial charge is 0.396 e. The van der Waals surface area contributed by atoms with E-state index in [1.54, 1.807) is 0 Å². The number of rotatable bonds is 4. The highest BCUT2D eigenvalue weighted by molar-refractivity contribution is 5.74. The van der Waals surface area contributed by atoms with Gasteiger partial charge in [-0.05, 0) is 50.6 Å². The molecule has 2 aliphatic rings. The Hall–Kier alpha value is -0.810. The number of carbonyl (C=O) groups excluding carboxylic acids is 1. The SMILES string of the molecule is CC1CCN(CCNC(=O)N2CCC(CO)CC2)CC1. The van der Waals surface area contributed by atoms with E-state index in [4.69, 9.17) is 5.11 Å². The van der Waals surface area contributed by atoms with Gasteiger partial charge in [-0.1, -0.05) is 6.92 Å². The third-order valence-corrected chi connectivity index (χ3v) is 4.74. The van der Waals surface area contributed by atoms with Crippen LogP contribution in [-0.2, 0) is 0 Å². The van der Waals surface area contributed by atoms with Crippen LogP contribution in [0.4, 0.5) is 4.79 Å². The van der Waals surface area contributed by atoms with Crippen LogP contribution in [0.2, 0.25) is 0 Å². The number of aliphatic hydroxyl groups is 1. The summed E-state index contributed by atoms with van der Waals surface area (Å²) in [6.07, 6.45) is 4.41. The van der Waals surface area contributed by atoms with Crippen LogP contribution < -0.4 is 5.32 Å². The van der Waals surface area contributed by atoms with E-state index in [1.165, 1.54) is 25.9 Å².